The lowest BCUT2D eigenvalue weighted by molar-refractivity contribution is 0.501. The van der Waals surface area contributed by atoms with Gasteiger partial charge < -0.3 is 0 Å². The third-order valence-electron chi connectivity index (χ3n) is 3.16. The average molecular weight is 142 g/mol. The second-order valence-corrected chi connectivity index (χ2v) is 4.92. The van der Waals surface area contributed by atoms with Crippen molar-refractivity contribution in [3.63, 3.8) is 0 Å². The molecule has 0 saturated heterocycles. The minimum atomic E-state index is 1.06. The SMILES string of the molecule is CCC1CCC(C)C1[SiH3]. The summed E-state index contributed by atoms with van der Waals surface area (Å²) in [6.07, 6.45) is 4.46. The van der Waals surface area contributed by atoms with Crippen LogP contribution in [0.3, 0.4) is 0 Å². The molecule has 0 aromatic heterocycles. The highest BCUT2D eigenvalue weighted by atomic mass is 28.1. The van der Waals surface area contributed by atoms with Crippen molar-refractivity contribution in [2.45, 2.75) is 38.7 Å². The average Bonchev–Trinajstić information content (AvgIpc) is 2.15. The maximum Gasteiger partial charge on any atom is 0.00742 e. The lowest BCUT2D eigenvalue weighted by Gasteiger charge is -2.15. The van der Waals surface area contributed by atoms with Gasteiger partial charge >= 0.3 is 0 Å². The molecule has 1 rings (SSSR count). The highest BCUT2D eigenvalue weighted by Gasteiger charge is 2.27. The van der Waals surface area contributed by atoms with Crippen LogP contribution in [0, 0.1) is 11.8 Å². The van der Waals surface area contributed by atoms with E-state index < -0.39 is 0 Å². The zero-order valence-electron chi connectivity index (χ0n) is 6.85. The van der Waals surface area contributed by atoms with E-state index in [0.717, 1.165) is 17.4 Å². The molecule has 0 spiro atoms. The van der Waals surface area contributed by atoms with Gasteiger partial charge in [-0.2, -0.15) is 0 Å². The standard InChI is InChI=1S/C8H18Si/c1-3-7-5-4-6(2)8(7)9/h6-8H,3-5H2,1-2,9H3. The summed E-state index contributed by atoms with van der Waals surface area (Å²) in [6, 6.07) is 0. The molecule has 0 bridgehead atoms. The van der Waals surface area contributed by atoms with Crippen LogP contribution in [0.4, 0.5) is 0 Å². The van der Waals surface area contributed by atoms with E-state index in [4.69, 9.17) is 0 Å². The minimum Gasteiger partial charge on any atom is -0.0651 e. The molecular formula is C8H18Si. The largest absolute Gasteiger partial charge is 0.0651 e. The van der Waals surface area contributed by atoms with Crippen molar-refractivity contribution in [2.24, 2.45) is 11.8 Å². The lowest BCUT2D eigenvalue weighted by Crippen LogP contribution is -2.04. The predicted molar refractivity (Wildman–Crippen MR) is 45.9 cm³/mol. The van der Waals surface area contributed by atoms with E-state index in [1.54, 1.807) is 0 Å². The molecule has 0 nitrogen and oxygen atoms in total. The first-order chi connectivity index (χ1) is 4.25. The minimum absolute atomic E-state index is 1.06. The maximum atomic E-state index is 2.42. The highest BCUT2D eigenvalue weighted by molar-refractivity contribution is 6.12. The van der Waals surface area contributed by atoms with Crippen LogP contribution < -0.4 is 0 Å². The first-order valence-electron chi connectivity index (χ1n) is 4.25. The second-order valence-electron chi connectivity index (χ2n) is 3.58. The smallest absolute Gasteiger partial charge is 0.00742 e. The molecule has 0 N–H and O–H groups in total. The summed E-state index contributed by atoms with van der Waals surface area (Å²) >= 11 is 0. The molecule has 0 radical (unpaired) electrons. The molecule has 1 heteroatoms. The van der Waals surface area contributed by atoms with Gasteiger partial charge in [-0.15, -0.1) is 0 Å². The van der Waals surface area contributed by atoms with E-state index in [9.17, 15) is 0 Å². The first-order valence-corrected chi connectivity index (χ1v) is 5.41. The summed E-state index contributed by atoms with van der Waals surface area (Å²) in [5.41, 5.74) is 1.13. The Morgan fingerprint density at radius 2 is 2.11 bits per heavy atom. The second kappa shape index (κ2) is 2.87. The van der Waals surface area contributed by atoms with Crippen LogP contribution in [-0.2, 0) is 0 Å². The van der Waals surface area contributed by atoms with Crippen LogP contribution in [0.25, 0.3) is 0 Å². The van der Waals surface area contributed by atoms with E-state index >= 15 is 0 Å². The van der Waals surface area contributed by atoms with E-state index in [-0.39, 0.29) is 0 Å². The monoisotopic (exact) mass is 142 g/mol. The van der Waals surface area contributed by atoms with Crippen molar-refractivity contribution < 1.29 is 0 Å². The van der Waals surface area contributed by atoms with Crippen molar-refractivity contribution >= 4 is 10.2 Å². The van der Waals surface area contributed by atoms with Crippen LogP contribution in [0.1, 0.15) is 33.1 Å². The fourth-order valence-corrected chi connectivity index (χ4v) is 3.18. The molecule has 3 unspecified atom stereocenters. The third-order valence-corrected chi connectivity index (χ3v) is 5.24. The van der Waals surface area contributed by atoms with Gasteiger partial charge in [0.1, 0.15) is 0 Å². The molecule has 1 saturated carbocycles. The van der Waals surface area contributed by atoms with Gasteiger partial charge in [0, 0.05) is 10.2 Å². The van der Waals surface area contributed by atoms with Gasteiger partial charge in [-0.25, -0.2) is 0 Å². The van der Waals surface area contributed by atoms with Gasteiger partial charge in [-0.3, -0.25) is 0 Å². The molecule has 0 aliphatic heterocycles. The fraction of sp³-hybridized carbons (Fsp3) is 1.00. The Labute approximate surface area is 61.5 Å². The summed E-state index contributed by atoms with van der Waals surface area (Å²) in [7, 11) is 1.43. The van der Waals surface area contributed by atoms with Crippen LogP contribution in [0.5, 0.6) is 0 Å². The maximum absolute atomic E-state index is 2.42. The van der Waals surface area contributed by atoms with Crippen molar-refractivity contribution in [3.05, 3.63) is 0 Å². The predicted octanol–water partition coefficient (Wildman–Crippen LogP) is 1.60. The third kappa shape index (κ3) is 1.37. The zero-order chi connectivity index (χ0) is 6.85. The Morgan fingerprint density at radius 3 is 2.33 bits per heavy atom. The first kappa shape index (κ1) is 7.33. The van der Waals surface area contributed by atoms with Crippen molar-refractivity contribution in [3.8, 4) is 0 Å². The van der Waals surface area contributed by atoms with Crippen LogP contribution >= 0.6 is 0 Å². The quantitative estimate of drug-likeness (QED) is 0.488. The Balaban J connectivity index is 2.41. The summed E-state index contributed by atoms with van der Waals surface area (Å²) < 4.78 is 0. The van der Waals surface area contributed by atoms with Gasteiger partial charge in [-0.1, -0.05) is 33.1 Å². The normalized spacial score (nSPS) is 44.0. The Kier molecular flexibility index (Phi) is 2.33. The molecule has 0 aromatic carbocycles. The zero-order valence-corrected chi connectivity index (χ0v) is 8.85. The summed E-state index contributed by atoms with van der Waals surface area (Å²) in [5.74, 6) is 2.16. The Bertz CT molecular complexity index is 90.6. The molecule has 3 atom stereocenters. The molecule has 9 heavy (non-hydrogen) atoms. The van der Waals surface area contributed by atoms with Crippen molar-refractivity contribution in [1.82, 2.24) is 0 Å². The van der Waals surface area contributed by atoms with E-state index in [1.807, 2.05) is 0 Å². The van der Waals surface area contributed by atoms with Gasteiger partial charge in [0.15, 0.2) is 0 Å². The van der Waals surface area contributed by atoms with Gasteiger partial charge in [-0.05, 0) is 17.4 Å². The van der Waals surface area contributed by atoms with Crippen LogP contribution in [0.15, 0.2) is 0 Å². The Morgan fingerprint density at radius 1 is 1.44 bits per heavy atom. The molecule has 0 heterocycles. The molecule has 1 aliphatic rings. The van der Waals surface area contributed by atoms with E-state index in [2.05, 4.69) is 13.8 Å². The fourth-order valence-electron chi connectivity index (χ4n) is 2.04. The molecule has 0 aromatic rings. The van der Waals surface area contributed by atoms with Crippen molar-refractivity contribution in [2.75, 3.05) is 0 Å². The van der Waals surface area contributed by atoms with E-state index in [1.165, 1.54) is 29.5 Å². The van der Waals surface area contributed by atoms with E-state index in [0.29, 0.717) is 0 Å². The summed E-state index contributed by atoms with van der Waals surface area (Å²) in [6.45, 7) is 4.76. The summed E-state index contributed by atoms with van der Waals surface area (Å²) in [4.78, 5) is 0. The summed E-state index contributed by atoms with van der Waals surface area (Å²) in [5, 5.41) is 0. The molecule has 0 amide bonds. The van der Waals surface area contributed by atoms with Crippen LogP contribution in [0.2, 0.25) is 5.54 Å². The van der Waals surface area contributed by atoms with Gasteiger partial charge in [0.2, 0.25) is 0 Å². The molecule has 54 valence electrons. The molecule has 1 aliphatic carbocycles. The lowest BCUT2D eigenvalue weighted by atomic mass is 10.0. The van der Waals surface area contributed by atoms with Crippen LogP contribution in [-0.4, -0.2) is 10.2 Å². The Hall–Kier alpha value is 0.217. The number of hydrogen-bond acceptors (Lipinski definition) is 0. The highest BCUT2D eigenvalue weighted by Crippen LogP contribution is 2.40. The van der Waals surface area contributed by atoms with Crippen molar-refractivity contribution in [1.29, 1.82) is 0 Å². The number of rotatable bonds is 1. The number of hydrogen-bond donors (Lipinski definition) is 0. The van der Waals surface area contributed by atoms with Gasteiger partial charge in [0.25, 0.3) is 0 Å². The molecular weight excluding hydrogens is 124 g/mol. The topological polar surface area (TPSA) is 0 Å². The molecule has 1 fully saturated rings. The van der Waals surface area contributed by atoms with Gasteiger partial charge in [0.05, 0.1) is 0 Å².